The lowest BCUT2D eigenvalue weighted by molar-refractivity contribution is 0.854. The molecule has 0 amide bonds. The molecular weight excluding hydrogens is 320 g/mol. The van der Waals surface area contributed by atoms with Gasteiger partial charge in [0, 0.05) is 18.0 Å². The first-order chi connectivity index (χ1) is 11.1. The zero-order valence-electron chi connectivity index (χ0n) is 13.8. The molecule has 2 aromatic carbocycles. The molecule has 23 heavy (non-hydrogen) atoms. The van der Waals surface area contributed by atoms with Crippen LogP contribution in [0.2, 0.25) is 0 Å². The number of nitrogens with one attached hydrogen (secondary N) is 2. The maximum atomic E-state index is 5.35. The molecule has 0 spiro atoms. The van der Waals surface area contributed by atoms with E-state index in [1.807, 2.05) is 11.8 Å². The molecule has 4 heteroatoms. The summed E-state index contributed by atoms with van der Waals surface area (Å²) >= 11 is 7.32. The highest BCUT2D eigenvalue weighted by Crippen LogP contribution is 2.16. The van der Waals surface area contributed by atoms with Crippen LogP contribution in [0.1, 0.15) is 23.1 Å². The first-order valence-corrected chi connectivity index (χ1v) is 9.45. The highest BCUT2D eigenvalue weighted by atomic mass is 32.2. The Morgan fingerprint density at radius 1 is 1.09 bits per heavy atom. The molecule has 0 atom stereocenters. The van der Waals surface area contributed by atoms with E-state index in [0.29, 0.717) is 5.11 Å². The summed E-state index contributed by atoms with van der Waals surface area (Å²) in [5, 5.41) is 7.25. The molecule has 2 aromatic rings. The molecule has 122 valence electrons. The van der Waals surface area contributed by atoms with Crippen LogP contribution in [0.3, 0.4) is 0 Å². The third-order valence-corrected chi connectivity index (χ3v) is 4.85. The largest absolute Gasteiger partial charge is 0.362 e. The summed E-state index contributed by atoms with van der Waals surface area (Å²) < 4.78 is 0. The van der Waals surface area contributed by atoms with Gasteiger partial charge in [0.05, 0.1) is 0 Å². The minimum atomic E-state index is 0.699. The second kappa shape index (κ2) is 9.58. The molecule has 2 nitrogen and oxygen atoms in total. The van der Waals surface area contributed by atoms with Gasteiger partial charge in [0.1, 0.15) is 0 Å². The van der Waals surface area contributed by atoms with E-state index in [1.54, 1.807) is 0 Å². The van der Waals surface area contributed by atoms with E-state index in [9.17, 15) is 0 Å². The van der Waals surface area contributed by atoms with Gasteiger partial charge in [-0.05, 0) is 55.4 Å². The summed E-state index contributed by atoms with van der Waals surface area (Å²) in [5.74, 6) is 2.21. The van der Waals surface area contributed by atoms with Crippen molar-refractivity contribution in [3.63, 3.8) is 0 Å². The average Bonchev–Trinajstić information content (AvgIpc) is 2.54. The molecule has 0 aliphatic rings. The molecule has 0 heterocycles. The van der Waals surface area contributed by atoms with Crippen molar-refractivity contribution in [2.45, 2.75) is 26.0 Å². The van der Waals surface area contributed by atoms with Crippen LogP contribution in [0.5, 0.6) is 0 Å². The summed E-state index contributed by atoms with van der Waals surface area (Å²) in [7, 11) is 0. The maximum absolute atomic E-state index is 5.35. The maximum Gasteiger partial charge on any atom is 0.170 e. The minimum absolute atomic E-state index is 0.699. The van der Waals surface area contributed by atoms with Crippen LogP contribution >= 0.6 is 24.0 Å². The zero-order chi connectivity index (χ0) is 16.5. The van der Waals surface area contributed by atoms with Crippen LogP contribution in [0.25, 0.3) is 0 Å². The van der Waals surface area contributed by atoms with Crippen LogP contribution in [0.4, 0.5) is 5.69 Å². The number of thioether (sulfide) groups is 1. The van der Waals surface area contributed by atoms with Crippen molar-refractivity contribution in [2.75, 3.05) is 17.6 Å². The van der Waals surface area contributed by atoms with Crippen molar-refractivity contribution in [3.05, 3.63) is 65.2 Å². The van der Waals surface area contributed by atoms with Crippen LogP contribution in [-0.2, 0) is 5.75 Å². The topological polar surface area (TPSA) is 24.1 Å². The Labute approximate surface area is 149 Å². The van der Waals surface area contributed by atoms with Gasteiger partial charge >= 0.3 is 0 Å². The van der Waals surface area contributed by atoms with Crippen molar-refractivity contribution in [1.82, 2.24) is 5.32 Å². The van der Waals surface area contributed by atoms with Gasteiger partial charge in [0.2, 0.25) is 0 Å². The summed E-state index contributed by atoms with van der Waals surface area (Å²) in [6.07, 6.45) is 1.10. The fourth-order valence-corrected chi connectivity index (χ4v) is 3.39. The van der Waals surface area contributed by atoms with Crippen LogP contribution in [0, 0.1) is 13.8 Å². The van der Waals surface area contributed by atoms with Gasteiger partial charge in [-0.2, -0.15) is 11.8 Å². The smallest absolute Gasteiger partial charge is 0.170 e. The molecule has 0 aliphatic carbocycles. The number of benzene rings is 2. The molecule has 2 rings (SSSR count). The highest BCUT2D eigenvalue weighted by molar-refractivity contribution is 7.98. The summed E-state index contributed by atoms with van der Waals surface area (Å²) in [6, 6.07) is 16.9. The molecule has 0 aromatic heterocycles. The fraction of sp³-hybridized carbons (Fsp3) is 0.316. The first-order valence-electron chi connectivity index (χ1n) is 7.89. The van der Waals surface area contributed by atoms with Gasteiger partial charge in [-0.3, -0.25) is 0 Å². The van der Waals surface area contributed by atoms with Crippen LogP contribution in [0.15, 0.2) is 48.5 Å². The number of rotatable bonds is 7. The van der Waals surface area contributed by atoms with E-state index < -0.39 is 0 Å². The second-order valence-electron chi connectivity index (χ2n) is 5.59. The standard InChI is InChI=1S/C19H24N2S2/c1-15-9-10-18(16(2)13-15)21-19(22)20-11-6-12-23-14-17-7-4-3-5-8-17/h3-5,7-10,13H,6,11-12,14H2,1-2H3,(H2,20,21,22). The number of hydrogen-bond acceptors (Lipinski definition) is 2. The Kier molecular flexibility index (Phi) is 7.43. The lowest BCUT2D eigenvalue weighted by Gasteiger charge is -2.13. The Morgan fingerprint density at radius 2 is 1.87 bits per heavy atom. The third kappa shape index (κ3) is 6.63. The molecule has 0 fully saturated rings. The van der Waals surface area contributed by atoms with Crippen molar-refractivity contribution in [2.24, 2.45) is 0 Å². The monoisotopic (exact) mass is 344 g/mol. The molecule has 0 unspecified atom stereocenters. The molecule has 0 saturated heterocycles. The molecule has 0 aliphatic heterocycles. The Hall–Kier alpha value is -1.52. The van der Waals surface area contributed by atoms with Gasteiger partial charge in [0.15, 0.2) is 5.11 Å². The second-order valence-corrected chi connectivity index (χ2v) is 7.10. The highest BCUT2D eigenvalue weighted by Gasteiger charge is 2.01. The van der Waals surface area contributed by atoms with Gasteiger partial charge in [-0.15, -0.1) is 0 Å². The Morgan fingerprint density at radius 3 is 2.61 bits per heavy atom. The molecule has 0 bridgehead atoms. The van der Waals surface area contributed by atoms with Gasteiger partial charge in [-0.25, -0.2) is 0 Å². The van der Waals surface area contributed by atoms with Crippen molar-refractivity contribution >= 4 is 34.8 Å². The molecular formula is C19H24N2S2. The van der Waals surface area contributed by atoms with E-state index in [2.05, 4.69) is 73.0 Å². The summed E-state index contributed by atoms with van der Waals surface area (Å²) in [6.45, 7) is 5.09. The van der Waals surface area contributed by atoms with E-state index in [1.165, 1.54) is 16.7 Å². The number of hydrogen-bond donors (Lipinski definition) is 2. The van der Waals surface area contributed by atoms with Crippen molar-refractivity contribution in [1.29, 1.82) is 0 Å². The first kappa shape index (κ1) is 17.8. The van der Waals surface area contributed by atoms with Gasteiger partial charge < -0.3 is 10.6 Å². The molecule has 0 saturated carbocycles. The number of thiocarbonyl (C=S) groups is 1. The SMILES string of the molecule is Cc1ccc(NC(=S)NCCCSCc2ccccc2)c(C)c1. The van der Waals surface area contributed by atoms with Crippen molar-refractivity contribution < 1.29 is 0 Å². The minimum Gasteiger partial charge on any atom is -0.362 e. The molecule has 0 radical (unpaired) electrons. The Balaban J connectivity index is 1.59. The normalized spacial score (nSPS) is 10.3. The third-order valence-electron chi connectivity index (χ3n) is 3.49. The van der Waals surface area contributed by atoms with Crippen LogP contribution < -0.4 is 10.6 Å². The van der Waals surface area contributed by atoms with Crippen LogP contribution in [-0.4, -0.2) is 17.4 Å². The lowest BCUT2D eigenvalue weighted by atomic mass is 10.1. The van der Waals surface area contributed by atoms with E-state index in [0.717, 1.165) is 30.2 Å². The van der Waals surface area contributed by atoms with Gasteiger partial charge in [-0.1, -0.05) is 48.0 Å². The number of aryl methyl sites for hydroxylation is 2. The van der Waals surface area contributed by atoms with Gasteiger partial charge in [0.25, 0.3) is 0 Å². The zero-order valence-corrected chi connectivity index (χ0v) is 15.4. The van der Waals surface area contributed by atoms with E-state index >= 15 is 0 Å². The van der Waals surface area contributed by atoms with E-state index in [-0.39, 0.29) is 0 Å². The van der Waals surface area contributed by atoms with E-state index in [4.69, 9.17) is 12.2 Å². The Bertz CT molecular complexity index is 627. The quantitative estimate of drug-likeness (QED) is 0.550. The summed E-state index contributed by atoms with van der Waals surface area (Å²) in [5.41, 5.74) is 4.94. The lowest BCUT2D eigenvalue weighted by Crippen LogP contribution is -2.29. The molecule has 2 N–H and O–H groups in total. The summed E-state index contributed by atoms with van der Waals surface area (Å²) in [4.78, 5) is 0. The predicted octanol–water partition coefficient (Wildman–Crippen LogP) is 4.91. The number of anilines is 1. The average molecular weight is 345 g/mol. The van der Waals surface area contributed by atoms with Crippen molar-refractivity contribution in [3.8, 4) is 0 Å². The predicted molar refractivity (Wildman–Crippen MR) is 107 cm³/mol. The fourth-order valence-electron chi connectivity index (χ4n) is 2.26.